The van der Waals surface area contributed by atoms with E-state index in [1.165, 1.54) is 15.6 Å². The molecule has 0 radical (unpaired) electrons. The summed E-state index contributed by atoms with van der Waals surface area (Å²) in [4.78, 5) is 12.7. The highest BCUT2D eigenvalue weighted by molar-refractivity contribution is 7.88. The second-order valence-electron chi connectivity index (χ2n) is 7.45. The van der Waals surface area contributed by atoms with Crippen LogP contribution in [0.25, 0.3) is 10.6 Å². The van der Waals surface area contributed by atoms with Crippen LogP contribution in [0.5, 0.6) is 0 Å². The van der Waals surface area contributed by atoms with Gasteiger partial charge in [0, 0.05) is 24.6 Å². The smallest absolute Gasteiger partial charge is 0.229 e. The molecule has 1 aliphatic rings. The molecular weight excluding hydrogens is 491 g/mol. The van der Waals surface area contributed by atoms with E-state index in [1.54, 1.807) is 18.2 Å². The van der Waals surface area contributed by atoms with Crippen LogP contribution < -0.4 is 5.32 Å². The molecule has 1 amide bonds. The fourth-order valence-corrected chi connectivity index (χ4v) is 6.13. The number of sulfonamides is 1. The van der Waals surface area contributed by atoms with Gasteiger partial charge in [-0.3, -0.25) is 4.79 Å². The van der Waals surface area contributed by atoms with Gasteiger partial charge < -0.3 is 5.32 Å². The van der Waals surface area contributed by atoms with Crippen molar-refractivity contribution in [2.24, 2.45) is 5.92 Å². The van der Waals surface area contributed by atoms with Crippen LogP contribution in [-0.4, -0.2) is 41.9 Å². The van der Waals surface area contributed by atoms with Crippen LogP contribution in [0.4, 0.5) is 5.13 Å². The minimum absolute atomic E-state index is 0.159. The number of carbonyl (C=O) groups excluding carboxylic acids is 1. The summed E-state index contributed by atoms with van der Waals surface area (Å²) in [7, 11) is -3.52. The first-order valence-electron chi connectivity index (χ1n) is 9.93. The second-order valence-corrected chi connectivity index (χ2v) is 11.2. The number of hydrogen-bond donors (Lipinski definition) is 1. The van der Waals surface area contributed by atoms with Crippen molar-refractivity contribution in [3.63, 3.8) is 0 Å². The normalized spacial score (nSPS) is 15.6. The fourth-order valence-electron chi connectivity index (χ4n) is 3.51. The zero-order valence-electron chi connectivity index (χ0n) is 16.9. The number of nitrogens with zero attached hydrogens (tertiary/aromatic N) is 3. The van der Waals surface area contributed by atoms with Gasteiger partial charge in [0.1, 0.15) is 5.01 Å². The molecule has 1 aliphatic heterocycles. The van der Waals surface area contributed by atoms with Crippen LogP contribution in [0.15, 0.2) is 48.5 Å². The standard InChI is InChI=1S/C21H20Cl2N4O3S2/c22-17-7-6-14(12-18(17)23)13-32(29,30)27-10-8-15(9-11-27)19(28)24-21-26-25-20(31-21)16-4-2-1-3-5-16/h1-7,12,15H,8-11,13H2,(H,24,26,28). The average molecular weight is 511 g/mol. The van der Waals surface area contributed by atoms with Gasteiger partial charge in [0.25, 0.3) is 0 Å². The molecule has 2 heterocycles. The first-order chi connectivity index (χ1) is 15.3. The fraction of sp³-hybridized carbons (Fsp3) is 0.286. The maximum absolute atomic E-state index is 12.8. The average Bonchev–Trinajstić information content (AvgIpc) is 3.25. The number of rotatable bonds is 6. The van der Waals surface area contributed by atoms with Gasteiger partial charge in [-0.25, -0.2) is 12.7 Å². The Morgan fingerprint density at radius 2 is 1.78 bits per heavy atom. The molecule has 1 fully saturated rings. The third-order valence-corrected chi connectivity index (χ3v) is 8.70. The Labute approximate surface area is 200 Å². The summed E-state index contributed by atoms with van der Waals surface area (Å²) in [6, 6.07) is 14.4. The highest BCUT2D eigenvalue weighted by Gasteiger charge is 2.31. The van der Waals surface area contributed by atoms with Crippen molar-refractivity contribution in [2.75, 3.05) is 18.4 Å². The molecule has 0 unspecified atom stereocenters. The van der Waals surface area contributed by atoms with E-state index in [-0.39, 0.29) is 30.7 Å². The highest BCUT2D eigenvalue weighted by Crippen LogP contribution is 2.28. The third-order valence-electron chi connectivity index (χ3n) is 5.23. The predicted molar refractivity (Wildman–Crippen MR) is 127 cm³/mol. The molecule has 3 aromatic rings. The van der Waals surface area contributed by atoms with Crippen molar-refractivity contribution in [3.8, 4) is 10.6 Å². The van der Waals surface area contributed by atoms with E-state index in [2.05, 4.69) is 15.5 Å². The first-order valence-corrected chi connectivity index (χ1v) is 13.1. The van der Waals surface area contributed by atoms with Crippen LogP contribution in [0, 0.1) is 5.92 Å². The Bertz CT molecular complexity index is 1210. The molecule has 1 aromatic heterocycles. The maximum Gasteiger partial charge on any atom is 0.229 e. The second kappa shape index (κ2) is 9.84. The number of aromatic nitrogens is 2. The number of benzene rings is 2. The number of nitrogens with one attached hydrogen (secondary N) is 1. The Morgan fingerprint density at radius 3 is 2.47 bits per heavy atom. The van der Waals surface area contributed by atoms with E-state index >= 15 is 0 Å². The van der Waals surface area contributed by atoms with Crippen molar-refractivity contribution in [3.05, 3.63) is 64.1 Å². The molecule has 2 aromatic carbocycles. The van der Waals surface area contributed by atoms with E-state index < -0.39 is 10.0 Å². The van der Waals surface area contributed by atoms with Crippen molar-refractivity contribution in [1.82, 2.24) is 14.5 Å². The van der Waals surface area contributed by atoms with Crippen LogP contribution >= 0.6 is 34.5 Å². The van der Waals surface area contributed by atoms with Gasteiger partial charge in [0.15, 0.2) is 0 Å². The van der Waals surface area contributed by atoms with E-state index in [1.807, 2.05) is 30.3 Å². The van der Waals surface area contributed by atoms with Gasteiger partial charge in [-0.05, 0) is 30.5 Å². The zero-order chi connectivity index (χ0) is 22.7. The molecule has 32 heavy (non-hydrogen) atoms. The van der Waals surface area contributed by atoms with E-state index in [4.69, 9.17) is 23.2 Å². The van der Waals surface area contributed by atoms with E-state index in [9.17, 15) is 13.2 Å². The molecular formula is C21H20Cl2N4O3S2. The molecule has 7 nitrogen and oxygen atoms in total. The molecule has 4 rings (SSSR count). The molecule has 0 bridgehead atoms. The SMILES string of the molecule is O=C(Nc1nnc(-c2ccccc2)s1)C1CCN(S(=O)(=O)Cc2ccc(Cl)c(Cl)c2)CC1. The van der Waals surface area contributed by atoms with Gasteiger partial charge in [-0.1, -0.05) is 70.9 Å². The molecule has 1 N–H and O–H groups in total. The minimum Gasteiger partial charge on any atom is -0.300 e. The van der Waals surface area contributed by atoms with Crippen LogP contribution in [0.1, 0.15) is 18.4 Å². The lowest BCUT2D eigenvalue weighted by atomic mass is 9.97. The molecule has 1 saturated heterocycles. The minimum atomic E-state index is -3.52. The predicted octanol–water partition coefficient (Wildman–Crippen LogP) is 4.69. The summed E-state index contributed by atoms with van der Waals surface area (Å²) in [6.45, 7) is 0.570. The molecule has 0 spiro atoms. The number of hydrogen-bond acceptors (Lipinski definition) is 6. The zero-order valence-corrected chi connectivity index (χ0v) is 20.0. The first kappa shape index (κ1) is 23.1. The maximum atomic E-state index is 12.8. The van der Waals surface area contributed by atoms with E-state index in [0.29, 0.717) is 33.6 Å². The van der Waals surface area contributed by atoms with Gasteiger partial charge in [0.05, 0.1) is 15.8 Å². The lowest BCUT2D eigenvalue weighted by molar-refractivity contribution is -0.120. The lowest BCUT2D eigenvalue weighted by Gasteiger charge is -2.30. The number of carbonyl (C=O) groups is 1. The Hall–Kier alpha value is -2.04. The van der Waals surface area contributed by atoms with Gasteiger partial charge in [0.2, 0.25) is 21.1 Å². The number of amides is 1. The topological polar surface area (TPSA) is 92.3 Å². The van der Waals surface area contributed by atoms with Gasteiger partial charge in [-0.15, -0.1) is 10.2 Å². The summed E-state index contributed by atoms with van der Waals surface area (Å²) in [5.41, 5.74) is 1.51. The Balaban J connectivity index is 1.32. The van der Waals surface area contributed by atoms with Crippen LogP contribution in [0.3, 0.4) is 0 Å². The molecule has 11 heteroatoms. The van der Waals surface area contributed by atoms with Crippen LogP contribution in [0.2, 0.25) is 10.0 Å². The molecule has 0 saturated carbocycles. The lowest BCUT2D eigenvalue weighted by Crippen LogP contribution is -2.41. The van der Waals surface area contributed by atoms with Crippen molar-refractivity contribution < 1.29 is 13.2 Å². The third kappa shape index (κ3) is 5.47. The van der Waals surface area contributed by atoms with Crippen molar-refractivity contribution in [1.29, 1.82) is 0 Å². The van der Waals surface area contributed by atoms with E-state index in [0.717, 1.165) is 10.6 Å². The summed E-state index contributed by atoms with van der Waals surface area (Å²) in [6.07, 6.45) is 0.883. The quantitative estimate of drug-likeness (QED) is 0.518. The molecule has 168 valence electrons. The summed E-state index contributed by atoms with van der Waals surface area (Å²) >= 11 is 13.2. The van der Waals surface area contributed by atoms with Crippen molar-refractivity contribution in [2.45, 2.75) is 18.6 Å². The molecule has 0 atom stereocenters. The van der Waals surface area contributed by atoms with Crippen molar-refractivity contribution >= 4 is 55.6 Å². The number of halogens is 2. The highest BCUT2D eigenvalue weighted by atomic mass is 35.5. The number of anilines is 1. The summed E-state index contributed by atoms with van der Waals surface area (Å²) in [5.74, 6) is -0.605. The summed E-state index contributed by atoms with van der Waals surface area (Å²) < 4.78 is 27.0. The van der Waals surface area contributed by atoms with Crippen LogP contribution in [-0.2, 0) is 20.6 Å². The largest absolute Gasteiger partial charge is 0.300 e. The summed E-state index contributed by atoms with van der Waals surface area (Å²) in [5, 5.41) is 12.9. The number of piperidine rings is 1. The monoisotopic (exact) mass is 510 g/mol. The molecule has 0 aliphatic carbocycles. The van der Waals surface area contributed by atoms with Gasteiger partial charge in [-0.2, -0.15) is 0 Å². The Kier molecular flexibility index (Phi) is 7.11. The van der Waals surface area contributed by atoms with Gasteiger partial charge >= 0.3 is 0 Å². The Morgan fingerprint density at radius 1 is 1.06 bits per heavy atom.